The highest BCUT2D eigenvalue weighted by Crippen LogP contribution is 2.21. The monoisotopic (exact) mass is 260 g/mol. The Morgan fingerprint density at radius 1 is 1.33 bits per heavy atom. The SMILES string of the molecule is CCNCC(=O)Cc1nc(-c2ccccc2)cs1. The molecular weight excluding hydrogens is 244 g/mol. The molecular formula is C14H16N2OS. The molecule has 0 aliphatic rings. The molecule has 0 radical (unpaired) electrons. The van der Waals surface area contributed by atoms with Gasteiger partial charge in [-0.2, -0.15) is 0 Å². The number of hydrogen-bond donors (Lipinski definition) is 1. The van der Waals surface area contributed by atoms with Crippen LogP contribution in [0.15, 0.2) is 35.7 Å². The van der Waals surface area contributed by atoms with Crippen LogP contribution in [0.2, 0.25) is 0 Å². The van der Waals surface area contributed by atoms with Crippen molar-refractivity contribution >= 4 is 17.1 Å². The first kappa shape index (κ1) is 12.9. The zero-order chi connectivity index (χ0) is 12.8. The summed E-state index contributed by atoms with van der Waals surface area (Å²) >= 11 is 1.55. The van der Waals surface area contributed by atoms with E-state index in [-0.39, 0.29) is 5.78 Å². The van der Waals surface area contributed by atoms with Crippen molar-refractivity contribution in [2.45, 2.75) is 13.3 Å². The number of aromatic nitrogens is 1. The van der Waals surface area contributed by atoms with Gasteiger partial charge in [-0.25, -0.2) is 4.98 Å². The minimum absolute atomic E-state index is 0.186. The molecule has 1 heterocycles. The average molecular weight is 260 g/mol. The predicted molar refractivity (Wildman–Crippen MR) is 74.8 cm³/mol. The third-order valence-corrected chi connectivity index (χ3v) is 3.39. The number of rotatable bonds is 6. The van der Waals surface area contributed by atoms with Crippen LogP contribution >= 0.6 is 11.3 Å². The highest BCUT2D eigenvalue weighted by molar-refractivity contribution is 7.10. The molecule has 0 aliphatic carbocycles. The normalized spacial score (nSPS) is 10.5. The largest absolute Gasteiger partial charge is 0.310 e. The van der Waals surface area contributed by atoms with Crippen molar-refractivity contribution in [3.05, 3.63) is 40.7 Å². The van der Waals surface area contributed by atoms with E-state index in [0.29, 0.717) is 13.0 Å². The molecule has 0 saturated heterocycles. The lowest BCUT2D eigenvalue weighted by Gasteiger charge is -1.98. The quantitative estimate of drug-likeness (QED) is 0.868. The Kier molecular flexibility index (Phi) is 4.61. The molecule has 1 N–H and O–H groups in total. The van der Waals surface area contributed by atoms with Gasteiger partial charge in [0.15, 0.2) is 5.78 Å². The second-order valence-electron chi connectivity index (χ2n) is 3.99. The maximum absolute atomic E-state index is 11.6. The number of ketones is 1. The average Bonchev–Trinajstić information content (AvgIpc) is 2.86. The number of carbonyl (C=O) groups excluding carboxylic acids is 1. The van der Waals surface area contributed by atoms with E-state index in [1.807, 2.05) is 42.6 Å². The van der Waals surface area contributed by atoms with Crippen LogP contribution in [0.3, 0.4) is 0 Å². The summed E-state index contributed by atoms with van der Waals surface area (Å²) in [7, 11) is 0. The lowest BCUT2D eigenvalue weighted by Crippen LogP contribution is -2.23. The van der Waals surface area contributed by atoms with E-state index in [4.69, 9.17) is 0 Å². The Balaban J connectivity index is 2.00. The molecule has 2 aromatic rings. The molecule has 0 amide bonds. The Morgan fingerprint density at radius 3 is 2.83 bits per heavy atom. The fourth-order valence-electron chi connectivity index (χ4n) is 1.63. The van der Waals surface area contributed by atoms with Crippen molar-refractivity contribution in [2.24, 2.45) is 0 Å². The van der Waals surface area contributed by atoms with Crippen LogP contribution in [-0.4, -0.2) is 23.9 Å². The van der Waals surface area contributed by atoms with Gasteiger partial charge in [-0.3, -0.25) is 4.79 Å². The number of hydrogen-bond acceptors (Lipinski definition) is 4. The van der Waals surface area contributed by atoms with Gasteiger partial charge < -0.3 is 5.32 Å². The lowest BCUT2D eigenvalue weighted by atomic mass is 10.2. The minimum atomic E-state index is 0.186. The number of benzene rings is 1. The maximum atomic E-state index is 11.6. The first-order chi connectivity index (χ1) is 8.79. The fourth-order valence-corrected chi connectivity index (χ4v) is 2.46. The Labute approximate surface area is 111 Å². The molecule has 2 rings (SSSR count). The van der Waals surface area contributed by atoms with Crippen molar-refractivity contribution in [1.29, 1.82) is 0 Å². The summed E-state index contributed by atoms with van der Waals surface area (Å²) in [6.07, 6.45) is 0.421. The van der Waals surface area contributed by atoms with Gasteiger partial charge >= 0.3 is 0 Å². The zero-order valence-electron chi connectivity index (χ0n) is 10.3. The van der Waals surface area contributed by atoms with Crippen LogP contribution in [0.25, 0.3) is 11.3 Å². The van der Waals surface area contributed by atoms with E-state index in [2.05, 4.69) is 10.3 Å². The van der Waals surface area contributed by atoms with E-state index in [1.165, 1.54) is 0 Å². The number of nitrogens with one attached hydrogen (secondary N) is 1. The second-order valence-corrected chi connectivity index (χ2v) is 4.93. The maximum Gasteiger partial charge on any atom is 0.153 e. The molecule has 1 aromatic carbocycles. The smallest absolute Gasteiger partial charge is 0.153 e. The van der Waals surface area contributed by atoms with Crippen molar-refractivity contribution in [3.63, 3.8) is 0 Å². The van der Waals surface area contributed by atoms with Crippen LogP contribution in [0.4, 0.5) is 0 Å². The highest BCUT2D eigenvalue weighted by atomic mass is 32.1. The summed E-state index contributed by atoms with van der Waals surface area (Å²) in [5, 5.41) is 5.93. The number of carbonyl (C=O) groups is 1. The van der Waals surface area contributed by atoms with Crippen molar-refractivity contribution in [3.8, 4) is 11.3 Å². The molecule has 0 aliphatic heterocycles. The van der Waals surface area contributed by atoms with Crippen LogP contribution in [0.1, 0.15) is 11.9 Å². The van der Waals surface area contributed by atoms with Crippen LogP contribution in [0.5, 0.6) is 0 Å². The van der Waals surface area contributed by atoms with Gasteiger partial charge in [0.1, 0.15) is 5.01 Å². The van der Waals surface area contributed by atoms with Gasteiger partial charge in [-0.15, -0.1) is 11.3 Å². The molecule has 4 heteroatoms. The zero-order valence-corrected chi connectivity index (χ0v) is 11.2. The van der Waals surface area contributed by atoms with E-state index >= 15 is 0 Å². The third-order valence-electron chi connectivity index (χ3n) is 2.54. The van der Waals surface area contributed by atoms with Gasteiger partial charge in [0.25, 0.3) is 0 Å². The minimum Gasteiger partial charge on any atom is -0.310 e. The van der Waals surface area contributed by atoms with Crippen molar-refractivity contribution < 1.29 is 4.79 Å². The molecule has 18 heavy (non-hydrogen) atoms. The Bertz CT molecular complexity index is 508. The first-order valence-corrected chi connectivity index (χ1v) is 6.90. The summed E-state index contributed by atoms with van der Waals surface area (Å²) in [4.78, 5) is 16.1. The molecule has 94 valence electrons. The topological polar surface area (TPSA) is 42.0 Å². The number of likely N-dealkylation sites (N-methyl/N-ethyl adjacent to an activating group) is 1. The second kappa shape index (κ2) is 6.42. The lowest BCUT2D eigenvalue weighted by molar-refractivity contribution is -0.117. The molecule has 0 bridgehead atoms. The summed E-state index contributed by atoms with van der Waals surface area (Å²) in [5.41, 5.74) is 2.05. The molecule has 0 atom stereocenters. The van der Waals surface area contributed by atoms with Crippen LogP contribution < -0.4 is 5.32 Å². The summed E-state index contributed by atoms with van der Waals surface area (Å²) in [6, 6.07) is 10.0. The standard InChI is InChI=1S/C14H16N2OS/c1-2-15-9-12(17)8-14-16-13(10-18-14)11-6-4-3-5-7-11/h3-7,10,15H,2,8-9H2,1H3. The number of nitrogens with zero attached hydrogens (tertiary/aromatic N) is 1. The van der Waals surface area contributed by atoms with Gasteiger partial charge in [0, 0.05) is 10.9 Å². The van der Waals surface area contributed by atoms with Crippen molar-refractivity contribution in [1.82, 2.24) is 10.3 Å². The van der Waals surface area contributed by atoms with Crippen LogP contribution in [0, 0.1) is 0 Å². The molecule has 0 spiro atoms. The highest BCUT2D eigenvalue weighted by Gasteiger charge is 2.08. The summed E-state index contributed by atoms with van der Waals surface area (Å²) in [5.74, 6) is 0.186. The molecule has 0 fully saturated rings. The van der Waals surface area contributed by atoms with Gasteiger partial charge in [0.05, 0.1) is 18.7 Å². The van der Waals surface area contributed by atoms with E-state index < -0.39 is 0 Å². The first-order valence-electron chi connectivity index (χ1n) is 6.02. The summed E-state index contributed by atoms with van der Waals surface area (Å²) in [6.45, 7) is 3.24. The number of Topliss-reactive ketones (excluding diaryl/α,β-unsaturated/α-hetero) is 1. The summed E-state index contributed by atoms with van der Waals surface area (Å²) < 4.78 is 0. The van der Waals surface area contributed by atoms with E-state index in [1.54, 1.807) is 11.3 Å². The van der Waals surface area contributed by atoms with Crippen LogP contribution in [-0.2, 0) is 11.2 Å². The van der Waals surface area contributed by atoms with E-state index in [9.17, 15) is 4.79 Å². The van der Waals surface area contributed by atoms with Gasteiger partial charge in [-0.05, 0) is 6.54 Å². The molecule has 3 nitrogen and oxygen atoms in total. The molecule has 0 unspecified atom stereocenters. The predicted octanol–water partition coefficient (Wildman–Crippen LogP) is 2.53. The van der Waals surface area contributed by atoms with Crippen molar-refractivity contribution in [2.75, 3.05) is 13.1 Å². The molecule has 1 aromatic heterocycles. The van der Waals surface area contributed by atoms with Gasteiger partial charge in [-0.1, -0.05) is 37.3 Å². The third kappa shape index (κ3) is 3.48. The Hall–Kier alpha value is -1.52. The van der Waals surface area contributed by atoms with E-state index in [0.717, 1.165) is 22.8 Å². The molecule has 0 saturated carbocycles. The van der Waals surface area contributed by atoms with Gasteiger partial charge in [0.2, 0.25) is 0 Å². The number of thiazole rings is 1. The Morgan fingerprint density at radius 2 is 2.11 bits per heavy atom. The fraction of sp³-hybridized carbons (Fsp3) is 0.286.